The monoisotopic (exact) mass is 264 g/mol. The Morgan fingerprint density at radius 1 is 1.37 bits per heavy atom. The molecule has 2 rings (SSSR count). The third-order valence-electron chi connectivity index (χ3n) is 3.18. The second kappa shape index (κ2) is 8.80. The molecule has 1 aromatic carbocycles. The molecule has 0 aromatic heterocycles. The predicted molar refractivity (Wildman–Crippen MR) is 77.2 cm³/mol. The van der Waals surface area contributed by atoms with Crippen LogP contribution in [0.3, 0.4) is 0 Å². The van der Waals surface area contributed by atoms with Crippen LogP contribution in [0.1, 0.15) is 24.9 Å². The lowest BCUT2D eigenvalue weighted by Gasteiger charge is -2.22. The van der Waals surface area contributed by atoms with Crippen LogP contribution in [0.2, 0.25) is 0 Å². The molecule has 1 saturated heterocycles. The Kier molecular flexibility index (Phi) is 7.33. The van der Waals surface area contributed by atoms with Crippen LogP contribution in [0.4, 0.5) is 0 Å². The summed E-state index contributed by atoms with van der Waals surface area (Å²) in [5.41, 5.74) is 1.26. The molecule has 3 unspecified atom stereocenters. The minimum absolute atomic E-state index is 0.0360. The lowest BCUT2D eigenvalue weighted by molar-refractivity contribution is -0.109. The fourth-order valence-electron chi connectivity index (χ4n) is 2.22. The van der Waals surface area contributed by atoms with Gasteiger partial charge in [-0.1, -0.05) is 30.3 Å². The molecule has 0 radical (unpaired) electrons. The van der Waals surface area contributed by atoms with Gasteiger partial charge in [0.05, 0.1) is 6.04 Å². The normalized spacial score (nSPS) is 23.3. The minimum atomic E-state index is -0.0360. The van der Waals surface area contributed by atoms with E-state index in [1.807, 2.05) is 18.2 Å². The highest BCUT2D eigenvalue weighted by Gasteiger charge is 2.27. The average molecular weight is 264 g/mol. The summed E-state index contributed by atoms with van der Waals surface area (Å²) in [4.78, 5) is 10.8. The van der Waals surface area contributed by atoms with Gasteiger partial charge < -0.3 is 20.2 Å². The molecule has 2 N–H and O–H groups in total. The van der Waals surface area contributed by atoms with E-state index in [0.717, 1.165) is 19.3 Å². The zero-order valence-corrected chi connectivity index (χ0v) is 11.9. The minimum Gasteiger partial charge on any atom is -0.388 e. The SMILES string of the molecule is CC(NC1CCNC1C=O)c1ccccc1.COC. The number of carbonyl (C=O) groups is 1. The van der Waals surface area contributed by atoms with Crippen LogP contribution in [0.25, 0.3) is 0 Å². The van der Waals surface area contributed by atoms with Crippen molar-refractivity contribution in [3.63, 3.8) is 0 Å². The van der Waals surface area contributed by atoms with Crippen LogP contribution in [0, 0.1) is 0 Å². The van der Waals surface area contributed by atoms with Crippen LogP contribution in [-0.4, -0.2) is 39.1 Å². The number of hydrogen-bond acceptors (Lipinski definition) is 4. The number of benzene rings is 1. The first kappa shape index (κ1) is 15.8. The quantitative estimate of drug-likeness (QED) is 0.810. The zero-order valence-electron chi connectivity index (χ0n) is 11.9. The molecule has 1 aromatic rings. The molecule has 19 heavy (non-hydrogen) atoms. The molecule has 1 fully saturated rings. The molecule has 106 valence electrons. The van der Waals surface area contributed by atoms with Crippen molar-refractivity contribution in [3.8, 4) is 0 Å². The van der Waals surface area contributed by atoms with Crippen molar-refractivity contribution < 1.29 is 9.53 Å². The molecule has 4 heteroatoms. The van der Waals surface area contributed by atoms with E-state index in [9.17, 15) is 4.79 Å². The first-order valence-corrected chi connectivity index (χ1v) is 6.62. The molecule has 1 heterocycles. The summed E-state index contributed by atoms with van der Waals surface area (Å²) < 4.78 is 4.25. The van der Waals surface area contributed by atoms with Gasteiger partial charge in [0.15, 0.2) is 0 Å². The van der Waals surface area contributed by atoms with Gasteiger partial charge in [-0.25, -0.2) is 0 Å². The first-order valence-electron chi connectivity index (χ1n) is 6.62. The summed E-state index contributed by atoms with van der Waals surface area (Å²) in [5.74, 6) is 0. The number of ether oxygens (including phenoxy) is 1. The largest absolute Gasteiger partial charge is 0.388 e. The third-order valence-corrected chi connectivity index (χ3v) is 3.18. The van der Waals surface area contributed by atoms with E-state index in [1.54, 1.807) is 14.2 Å². The standard InChI is InChI=1S/C13H18N2O.C2H6O/c1-10(11-5-3-2-4-6-11)15-12-7-8-14-13(12)9-16;1-3-2/h2-6,9-10,12-15H,7-8H2,1H3;1-2H3. The maximum Gasteiger partial charge on any atom is 0.138 e. The Hall–Kier alpha value is -1.23. The van der Waals surface area contributed by atoms with Crippen LogP contribution in [0.15, 0.2) is 30.3 Å². The molecule has 4 nitrogen and oxygen atoms in total. The maximum absolute atomic E-state index is 10.8. The number of nitrogens with one attached hydrogen (secondary N) is 2. The molecule has 0 amide bonds. The van der Waals surface area contributed by atoms with E-state index in [-0.39, 0.29) is 18.1 Å². The molecular weight excluding hydrogens is 240 g/mol. The highest BCUT2D eigenvalue weighted by Crippen LogP contribution is 2.15. The molecule has 0 bridgehead atoms. The van der Waals surface area contributed by atoms with E-state index >= 15 is 0 Å². The van der Waals surface area contributed by atoms with Gasteiger partial charge in [0.2, 0.25) is 0 Å². The van der Waals surface area contributed by atoms with Crippen molar-refractivity contribution >= 4 is 6.29 Å². The van der Waals surface area contributed by atoms with Crippen molar-refractivity contribution in [1.29, 1.82) is 0 Å². The van der Waals surface area contributed by atoms with Gasteiger partial charge in [0, 0.05) is 26.3 Å². The Balaban J connectivity index is 0.000000550. The second-order valence-electron chi connectivity index (χ2n) is 4.72. The van der Waals surface area contributed by atoms with Gasteiger partial charge in [-0.05, 0) is 25.5 Å². The molecule has 0 spiro atoms. The fraction of sp³-hybridized carbons (Fsp3) is 0.533. The third kappa shape index (κ3) is 5.11. The van der Waals surface area contributed by atoms with Gasteiger partial charge in [0.1, 0.15) is 6.29 Å². The van der Waals surface area contributed by atoms with Crippen LogP contribution < -0.4 is 10.6 Å². The van der Waals surface area contributed by atoms with E-state index in [4.69, 9.17) is 0 Å². The number of carbonyl (C=O) groups excluding carboxylic acids is 1. The number of hydrogen-bond donors (Lipinski definition) is 2. The Labute approximate surface area is 115 Å². The highest BCUT2D eigenvalue weighted by molar-refractivity contribution is 5.59. The summed E-state index contributed by atoms with van der Waals surface area (Å²) in [7, 11) is 3.25. The smallest absolute Gasteiger partial charge is 0.138 e. The Morgan fingerprint density at radius 2 is 2.00 bits per heavy atom. The predicted octanol–water partition coefficient (Wildman–Crippen LogP) is 1.53. The Bertz CT molecular complexity index is 356. The lowest BCUT2D eigenvalue weighted by atomic mass is 10.1. The molecule has 0 aliphatic carbocycles. The summed E-state index contributed by atoms with van der Waals surface area (Å²) in [6.45, 7) is 3.05. The van der Waals surface area contributed by atoms with E-state index < -0.39 is 0 Å². The van der Waals surface area contributed by atoms with Crippen LogP contribution >= 0.6 is 0 Å². The second-order valence-corrected chi connectivity index (χ2v) is 4.72. The van der Waals surface area contributed by atoms with E-state index in [0.29, 0.717) is 0 Å². The van der Waals surface area contributed by atoms with E-state index in [2.05, 4.69) is 34.4 Å². The van der Waals surface area contributed by atoms with E-state index in [1.165, 1.54) is 5.56 Å². The van der Waals surface area contributed by atoms with Gasteiger partial charge in [-0.3, -0.25) is 0 Å². The maximum atomic E-state index is 10.8. The summed E-state index contributed by atoms with van der Waals surface area (Å²) >= 11 is 0. The molecule has 3 atom stereocenters. The highest BCUT2D eigenvalue weighted by atomic mass is 16.4. The molecule has 0 saturated carbocycles. The fourth-order valence-corrected chi connectivity index (χ4v) is 2.22. The van der Waals surface area contributed by atoms with Crippen molar-refractivity contribution in [3.05, 3.63) is 35.9 Å². The van der Waals surface area contributed by atoms with Crippen molar-refractivity contribution in [2.75, 3.05) is 20.8 Å². The van der Waals surface area contributed by atoms with Gasteiger partial charge in [0.25, 0.3) is 0 Å². The lowest BCUT2D eigenvalue weighted by Crippen LogP contribution is -2.42. The first-order chi connectivity index (χ1) is 9.22. The van der Waals surface area contributed by atoms with Crippen LogP contribution in [0.5, 0.6) is 0 Å². The van der Waals surface area contributed by atoms with Crippen molar-refractivity contribution in [1.82, 2.24) is 10.6 Å². The molecule has 1 aliphatic heterocycles. The summed E-state index contributed by atoms with van der Waals surface area (Å²) in [6, 6.07) is 10.8. The number of methoxy groups -OCH3 is 1. The van der Waals surface area contributed by atoms with Gasteiger partial charge in [-0.2, -0.15) is 0 Å². The number of rotatable bonds is 4. The van der Waals surface area contributed by atoms with Crippen molar-refractivity contribution in [2.45, 2.75) is 31.5 Å². The Morgan fingerprint density at radius 3 is 2.58 bits per heavy atom. The average Bonchev–Trinajstić information content (AvgIpc) is 2.88. The summed E-state index contributed by atoms with van der Waals surface area (Å²) in [5, 5.41) is 6.68. The van der Waals surface area contributed by atoms with Gasteiger partial charge in [-0.15, -0.1) is 0 Å². The molecule has 1 aliphatic rings. The zero-order chi connectivity index (χ0) is 14.1. The number of aldehydes is 1. The molecular formula is C15H24N2O2. The van der Waals surface area contributed by atoms with Gasteiger partial charge >= 0.3 is 0 Å². The van der Waals surface area contributed by atoms with Crippen LogP contribution in [-0.2, 0) is 9.53 Å². The van der Waals surface area contributed by atoms with Crippen molar-refractivity contribution in [2.24, 2.45) is 0 Å². The topological polar surface area (TPSA) is 50.4 Å². The summed E-state index contributed by atoms with van der Waals surface area (Å²) in [6.07, 6.45) is 2.02.